The van der Waals surface area contributed by atoms with Gasteiger partial charge < -0.3 is 14.6 Å². The number of fused-ring (bicyclic) bond motifs is 1. The molecule has 1 unspecified atom stereocenters. The van der Waals surface area contributed by atoms with E-state index in [0.29, 0.717) is 28.8 Å². The van der Waals surface area contributed by atoms with Crippen molar-refractivity contribution in [3.05, 3.63) is 39.9 Å². The molecule has 0 radical (unpaired) electrons. The molecule has 0 aliphatic carbocycles. The van der Waals surface area contributed by atoms with Gasteiger partial charge in [-0.15, -0.1) is 10.2 Å². The number of nitrogens with one attached hydrogen (secondary N) is 1. The van der Waals surface area contributed by atoms with E-state index in [-0.39, 0.29) is 5.91 Å². The lowest BCUT2D eigenvalue weighted by Gasteiger charge is -2.16. The largest absolute Gasteiger partial charge is 0.479 e. The molecule has 3 rings (SSSR count). The molecule has 0 fully saturated rings. The van der Waals surface area contributed by atoms with Gasteiger partial charge in [-0.2, -0.15) is 0 Å². The first-order valence-corrected chi connectivity index (χ1v) is 9.60. The number of halogens is 2. The third-order valence-electron chi connectivity index (χ3n) is 4.40. The minimum atomic E-state index is -0.663. The van der Waals surface area contributed by atoms with Crippen LogP contribution in [0, 0.1) is 0 Å². The molecule has 1 aromatic carbocycles. The summed E-state index contributed by atoms with van der Waals surface area (Å²) in [7, 11) is 0. The Bertz CT molecular complexity index is 779. The van der Waals surface area contributed by atoms with Gasteiger partial charge in [0.2, 0.25) is 0 Å². The molecule has 0 bridgehead atoms. The number of carbonyl (C=O) groups excluding carboxylic acids is 1. The number of carbonyl (C=O) groups is 1. The van der Waals surface area contributed by atoms with Crippen molar-refractivity contribution in [1.29, 1.82) is 0 Å². The van der Waals surface area contributed by atoms with E-state index >= 15 is 0 Å². The lowest BCUT2D eigenvalue weighted by atomic mass is 10.2. The zero-order valence-electron chi connectivity index (χ0n) is 14.7. The average molecular weight is 397 g/mol. The molecule has 1 aliphatic heterocycles. The van der Waals surface area contributed by atoms with Crippen LogP contribution in [0.2, 0.25) is 10.0 Å². The van der Waals surface area contributed by atoms with Crippen LogP contribution in [0.1, 0.15) is 37.8 Å². The number of aryl methyl sites for hydroxylation is 1. The fourth-order valence-electron chi connectivity index (χ4n) is 2.99. The Labute approximate surface area is 162 Å². The molecule has 2 heterocycles. The second-order valence-corrected chi connectivity index (χ2v) is 7.21. The van der Waals surface area contributed by atoms with Crippen molar-refractivity contribution in [3.63, 3.8) is 0 Å². The highest BCUT2D eigenvalue weighted by Gasteiger charge is 2.18. The van der Waals surface area contributed by atoms with Crippen molar-refractivity contribution in [2.24, 2.45) is 0 Å². The van der Waals surface area contributed by atoms with Crippen molar-refractivity contribution in [2.75, 3.05) is 6.54 Å². The van der Waals surface area contributed by atoms with Gasteiger partial charge in [0.05, 0.1) is 5.02 Å². The lowest BCUT2D eigenvalue weighted by molar-refractivity contribution is -0.127. The van der Waals surface area contributed by atoms with E-state index < -0.39 is 6.10 Å². The fraction of sp³-hybridized carbons (Fsp3) is 0.500. The first-order chi connectivity index (χ1) is 12.5. The summed E-state index contributed by atoms with van der Waals surface area (Å²) in [6.07, 6.45) is 4.50. The summed E-state index contributed by atoms with van der Waals surface area (Å²) in [5.41, 5.74) is 0. The second-order valence-electron chi connectivity index (χ2n) is 6.37. The van der Waals surface area contributed by atoms with Gasteiger partial charge in [0.25, 0.3) is 5.91 Å². The highest BCUT2D eigenvalue weighted by molar-refractivity contribution is 6.35. The number of hydrogen-bond donors (Lipinski definition) is 1. The van der Waals surface area contributed by atoms with Gasteiger partial charge in [0, 0.05) is 31.0 Å². The fourth-order valence-corrected chi connectivity index (χ4v) is 3.44. The summed E-state index contributed by atoms with van der Waals surface area (Å²) < 4.78 is 7.81. The molecule has 8 heteroatoms. The molecule has 0 saturated heterocycles. The molecule has 26 heavy (non-hydrogen) atoms. The molecule has 1 aliphatic rings. The van der Waals surface area contributed by atoms with Gasteiger partial charge in [0.15, 0.2) is 6.10 Å². The van der Waals surface area contributed by atoms with E-state index in [0.717, 1.165) is 37.5 Å². The molecule has 1 atom stereocenters. The van der Waals surface area contributed by atoms with Crippen LogP contribution in [0.5, 0.6) is 5.75 Å². The van der Waals surface area contributed by atoms with Crippen molar-refractivity contribution in [1.82, 2.24) is 20.1 Å². The summed E-state index contributed by atoms with van der Waals surface area (Å²) in [4.78, 5) is 12.2. The van der Waals surface area contributed by atoms with Gasteiger partial charge in [-0.25, -0.2) is 0 Å². The Morgan fingerprint density at radius 3 is 2.96 bits per heavy atom. The number of benzene rings is 1. The third kappa shape index (κ3) is 4.68. The third-order valence-corrected chi connectivity index (χ3v) is 4.93. The number of amides is 1. The maximum absolute atomic E-state index is 12.2. The number of ether oxygens (including phenoxy) is 1. The SMILES string of the molecule is CC(Oc1ccc(Cl)cc1Cl)C(=O)NCCc1nnc2n1CCCCC2. The van der Waals surface area contributed by atoms with Gasteiger partial charge in [-0.05, 0) is 38.0 Å². The molecular formula is C18H22Cl2N4O2. The molecule has 1 amide bonds. The summed E-state index contributed by atoms with van der Waals surface area (Å²) in [5.74, 6) is 2.21. The van der Waals surface area contributed by atoms with Crippen molar-refractivity contribution in [3.8, 4) is 5.75 Å². The number of rotatable bonds is 6. The van der Waals surface area contributed by atoms with Crippen LogP contribution in [0.15, 0.2) is 18.2 Å². The molecular weight excluding hydrogens is 375 g/mol. The van der Waals surface area contributed by atoms with E-state index in [1.54, 1.807) is 25.1 Å². The maximum Gasteiger partial charge on any atom is 0.260 e. The van der Waals surface area contributed by atoms with E-state index in [4.69, 9.17) is 27.9 Å². The van der Waals surface area contributed by atoms with Crippen LogP contribution >= 0.6 is 23.2 Å². The van der Waals surface area contributed by atoms with Crippen LogP contribution in [-0.2, 0) is 24.2 Å². The minimum absolute atomic E-state index is 0.202. The zero-order valence-corrected chi connectivity index (χ0v) is 16.2. The summed E-state index contributed by atoms with van der Waals surface area (Å²) in [5, 5.41) is 12.3. The Hall–Kier alpha value is -1.79. The Kier molecular flexibility index (Phi) is 6.38. The average Bonchev–Trinajstić information content (AvgIpc) is 2.84. The van der Waals surface area contributed by atoms with E-state index in [2.05, 4.69) is 20.1 Å². The summed E-state index contributed by atoms with van der Waals surface area (Å²) in [6, 6.07) is 4.91. The number of nitrogens with zero attached hydrogens (tertiary/aromatic N) is 3. The smallest absolute Gasteiger partial charge is 0.260 e. The Balaban J connectivity index is 1.50. The van der Waals surface area contributed by atoms with Crippen LogP contribution in [0.3, 0.4) is 0 Å². The van der Waals surface area contributed by atoms with Crippen molar-refractivity contribution in [2.45, 2.75) is 51.7 Å². The molecule has 0 saturated carbocycles. The molecule has 1 N–H and O–H groups in total. The van der Waals surface area contributed by atoms with Gasteiger partial charge in [-0.3, -0.25) is 4.79 Å². The van der Waals surface area contributed by atoms with Crippen molar-refractivity contribution < 1.29 is 9.53 Å². The molecule has 6 nitrogen and oxygen atoms in total. The number of aromatic nitrogens is 3. The second kappa shape index (κ2) is 8.73. The topological polar surface area (TPSA) is 69.0 Å². The van der Waals surface area contributed by atoms with Crippen molar-refractivity contribution >= 4 is 29.1 Å². The molecule has 2 aromatic rings. The first-order valence-electron chi connectivity index (χ1n) is 8.85. The highest BCUT2D eigenvalue weighted by Crippen LogP contribution is 2.28. The quantitative estimate of drug-likeness (QED) is 0.811. The first kappa shape index (κ1) is 19.0. The normalized spacial score (nSPS) is 15.0. The summed E-state index contributed by atoms with van der Waals surface area (Å²) >= 11 is 11.9. The van der Waals surface area contributed by atoms with Gasteiger partial charge in [-0.1, -0.05) is 29.6 Å². The Morgan fingerprint density at radius 2 is 2.15 bits per heavy atom. The molecule has 1 aromatic heterocycles. The van der Waals surface area contributed by atoms with E-state index in [1.165, 1.54) is 6.42 Å². The predicted molar refractivity (Wildman–Crippen MR) is 101 cm³/mol. The summed E-state index contributed by atoms with van der Waals surface area (Å²) in [6.45, 7) is 3.13. The minimum Gasteiger partial charge on any atom is -0.479 e. The van der Waals surface area contributed by atoms with E-state index in [9.17, 15) is 4.79 Å². The predicted octanol–water partition coefficient (Wildman–Crippen LogP) is 3.44. The lowest BCUT2D eigenvalue weighted by Crippen LogP contribution is -2.37. The van der Waals surface area contributed by atoms with Crippen LogP contribution in [0.4, 0.5) is 0 Å². The standard InChI is InChI=1S/C18H22Cl2N4O2/c1-12(26-15-7-6-13(19)11-14(15)20)18(25)21-9-8-17-23-22-16-5-3-2-4-10-24(16)17/h6-7,11-12H,2-5,8-10H2,1H3,(H,21,25). The molecule has 0 spiro atoms. The van der Waals surface area contributed by atoms with Crippen LogP contribution in [0.25, 0.3) is 0 Å². The molecule has 140 valence electrons. The zero-order chi connectivity index (χ0) is 18.5. The van der Waals surface area contributed by atoms with Crippen LogP contribution in [-0.4, -0.2) is 33.3 Å². The maximum atomic E-state index is 12.2. The number of hydrogen-bond acceptors (Lipinski definition) is 4. The van der Waals surface area contributed by atoms with Crippen LogP contribution < -0.4 is 10.1 Å². The van der Waals surface area contributed by atoms with Gasteiger partial charge in [0.1, 0.15) is 17.4 Å². The monoisotopic (exact) mass is 396 g/mol. The van der Waals surface area contributed by atoms with E-state index in [1.807, 2.05) is 0 Å². The highest BCUT2D eigenvalue weighted by atomic mass is 35.5. The van der Waals surface area contributed by atoms with Gasteiger partial charge >= 0.3 is 0 Å². The Morgan fingerprint density at radius 1 is 1.31 bits per heavy atom.